The maximum Gasteiger partial charge on any atom is 0.241 e. The van der Waals surface area contributed by atoms with Crippen LogP contribution in [0.15, 0.2) is 29.0 Å². The van der Waals surface area contributed by atoms with E-state index in [-0.39, 0.29) is 5.92 Å². The highest BCUT2D eigenvalue weighted by molar-refractivity contribution is 5.85. The lowest BCUT2D eigenvalue weighted by molar-refractivity contribution is -0.113. The largest absolute Gasteiger partial charge is 0.366 e. The summed E-state index contributed by atoms with van der Waals surface area (Å²) >= 11 is 0. The summed E-state index contributed by atoms with van der Waals surface area (Å²) in [5.41, 5.74) is 5.71. The fourth-order valence-electron chi connectivity index (χ4n) is 0.795. The van der Waals surface area contributed by atoms with Crippen LogP contribution in [-0.2, 0) is 4.79 Å². The molecule has 1 amide bonds. The normalized spacial score (nSPS) is 13.4. The van der Waals surface area contributed by atoms with E-state index in [1.54, 1.807) is 12.1 Å². The first-order valence-electron chi connectivity index (χ1n) is 3.58. The van der Waals surface area contributed by atoms with Crippen LogP contribution in [0.1, 0.15) is 18.5 Å². The Morgan fingerprint density at radius 2 is 2.58 bits per heavy atom. The smallest absolute Gasteiger partial charge is 0.241 e. The van der Waals surface area contributed by atoms with E-state index in [4.69, 9.17) is 5.73 Å². The van der Waals surface area contributed by atoms with Crippen LogP contribution in [0.2, 0.25) is 0 Å². The molecule has 1 aromatic heterocycles. The fraction of sp³-hybridized carbons (Fsp3) is 0.250. The van der Waals surface area contributed by atoms with Gasteiger partial charge in [-0.15, -0.1) is 0 Å². The fourth-order valence-corrected chi connectivity index (χ4v) is 0.795. The zero-order chi connectivity index (χ0) is 8.97. The van der Waals surface area contributed by atoms with Crippen molar-refractivity contribution < 1.29 is 9.32 Å². The lowest BCUT2D eigenvalue weighted by Gasteiger charge is -1.97. The number of carbonyl (C=O) groups excluding carboxylic acids is 1. The van der Waals surface area contributed by atoms with Crippen LogP contribution in [0.5, 0.6) is 0 Å². The summed E-state index contributed by atoms with van der Waals surface area (Å²) in [5.74, 6) is -0.401. The van der Waals surface area contributed by atoms with Gasteiger partial charge in [-0.1, -0.05) is 18.2 Å². The van der Waals surface area contributed by atoms with Gasteiger partial charge in [0.15, 0.2) is 0 Å². The third-order valence-electron chi connectivity index (χ3n) is 1.47. The van der Waals surface area contributed by atoms with Gasteiger partial charge in [0, 0.05) is 12.0 Å². The Hall–Kier alpha value is -1.58. The number of aromatic nitrogens is 1. The number of carbonyl (C=O) groups is 1. The Morgan fingerprint density at radius 3 is 3.08 bits per heavy atom. The molecule has 1 heterocycles. The van der Waals surface area contributed by atoms with E-state index in [1.807, 2.05) is 6.92 Å². The van der Waals surface area contributed by atoms with Crippen molar-refractivity contribution in [2.45, 2.75) is 12.8 Å². The highest BCUT2D eigenvalue weighted by atomic mass is 16.5. The summed E-state index contributed by atoms with van der Waals surface area (Å²) in [4.78, 5) is 10.4. The molecule has 0 bridgehead atoms. The molecule has 4 heteroatoms. The average molecular weight is 166 g/mol. The number of amides is 1. The standard InChI is InChI=1S/C8H10N2O2/c1-6(2-3-8(9)11)7-4-5-12-10-7/h2-6H,1H3,(H2,9,11)/b3-2-. The molecule has 1 atom stereocenters. The summed E-state index contributed by atoms with van der Waals surface area (Å²) in [5, 5.41) is 3.72. The molecule has 1 aromatic rings. The number of rotatable bonds is 3. The van der Waals surface area contributed by atoms with Gasteiger partial charge in [0.05, 0.1) is 5.69 Å². The van der Waals surface area contributed by atoms with Crippen molar-refractivity contribution in [3.8, 4) is 0 Å². The Labute approximate surface area is 70.0 Å². The van der Waals surface area contributed by atoms with Gasteiger partial charge < -0.3 is 10.3 Å². The number of primary amides is 1. The van der Waals surface area contributed by atoms with E-state index in [0.29, 0.717) is 0 Å². The molecule has 0 saturated carbocycles. The summed E-state index contributed by atoms with van der Waals surface area (Å²) in [6.45, 7) is 1.90. The minimum atomic E-state index is -0.453. The maximum atomic E-state index is 10.4. The van der Waals surface area contributed by atoms with Crippen LogP contribution < -0.4 is 5.73 Å². The molecule has 4 nitrogen and oxygen atoms in total. The van der Waals surface area contributed by atoms with Crippen LogP contribution in [0.25, 0.3) is 0 Å². The van der Waals surface area contributed by atoms with E-state index in [0.717, 1.165) is 5.69 Å². The molecule has 0 aliphatic rings. The Bertz CT molecular complexity index is 277. The lowest BCUT2D eigenvalue weighted by Crippen LogP contribution is -2.06. The van der Waals surface area contributed by atoms with Crippen molar-refractivity contribution in [2.24, 2.45) is 5.73 Å². The lowest BCUT2D eigenvalue weighted by atomic mass is 10.1. The van der Waals surface area contributed by atoms with Gasteiger partial charge >= 0.3 is 0 Å². The molecule has 0 aromatic carbocycles. The molecule has 0 spiro atoms. The van der Waals surface area contributed by atoms with Crippen molar-refractivity contribution in [3.05, 3.63) is 30.2 Å². The van der Waals surface area contributed by atoms with Crippen LogP contribution in [0.4, 0.5) is 0 Å². The molecule has 0 aliphatic carbocycles. The van der Waals surface area contributed by atoms with Crippen molar-refractivity contribution in [2.75, 3.05) is 0 Å². The van der Waals surface area contributed by atoms with Gasteiger partial charge in [-0.25, -0.2) is 0 Å². The number of nitrogens with zero attached hydrogens (tertiary/aromatic N) is 1. The van der Waals surface area contributed by atoms with Crippen LogP contribution in [0.3, 0.4) is 0 Å². The van der Waals surface area contributed by atoms with Gasteiger partial charge in [0.2, 0.25) is 5.91 Å². The van der Waals surface area contributed by atoms with Crippen LogP contribution in [-0.4, -0.2) is 11.1 Å². The highest BCUT2D eigenvalue weighted by Gasteiger charge is 2.03. The molecular formula is C8H10N2O2. The van der Waals surface area contributed by atoms with Crippen molar-refractivity contribution in [1.82, 2.24) is 5.16 Å². The monoisotopic (exact) mass is 166 g/mol. The molecule has 1 rings (SSSR count). The molecule has 12 heavy (non-hydrogen) atoms. The number of hydrogen-bond acceptors (Lipinski definition) is 3. The second-order valence-electron chi connectivity index (χ2n) is 2.47. The molecule has 0 aliphatic heterocycles. The van der Waals surface area contributed by atoms with Gasteiger partial charge in [-0.05, 0) is 6.08 Å². The van der Waals surface area contributed by atoms with Crippen molar-refractivity contribution >= 4 is 5.91 Å². The van der Waals surface area contributed by atoms with Crippen molar-refractivity contribution in [1.29, 1.82) is 0 Å². The highest BCUT2D eigenvalue weighted by Crippen LogP contribution is 2.12. The summed E-state index contributed by atoms with van der Waals surface area (Å²) in [7, 11) is 0. The second-order valence-corrected chi connectivity index (χ2v) is 2.47. The number of allylic oxidation sites excluding steroid dienone is 1. The van der Waals surface area contributed by atoms with Gasteiger partial charge in [0.1, 0.15) is 6.26 Å². The Kier molecular flexibility index (Phi) is 2.63. The second kappa shape index (κ2) is 3.71. The van der Waals surface area contributed by atoms with E-state index in [9.17, 15) is 4.79 Å². The first-order valence-corrected chi connectivity index (χ1v) is 3.58. The van der Waals surface area contributed by atoms with Crippen molar-refractivity contribution in [3.63, 3.8) is 0 Å². The number of hydrogen-bond donors (Lipinski definition) is 1. The van der Waals surface area contributed by atoms with Crippen LogP contribution in [0, 0.1) is 0 Å². The number of nitrogens with two attached hydrogens (primary N) is 1. The first kappa shape index (κ1) is 8.52. The molecule has 0 radical (unpaired) electrons. The maximum absolute atomic E-state index is 10.4. The zero-order valence-corrected chi connectivity index (χ0v) is 6.73. The zero-order valence-electron chi connectivity index (χ0n) is 6.73. The molecule has 64 valence electrons. The first-order chi connectivity index (χ1) is 5.70. The van der Waals surface area contributed by atoms with Crippen LogP contribution >= 0.6 is 0 Å². The van der Waals surface area contributed by atoms with E-state index >= 15 is 0 Å². The third-order valence-corrected chi connectivity index (χ3v) is 1.47. The predicted molar refractivity (Wildman–Crippen MR) is 43.3 cm³/mol. The quantitative estimate of drug-likeness (QED) is 0.676. The molecule has 1 unspecified atom stereocenters. The van der Waals surface area contributed by atoms with Gasteiger partial charge in [-0.2, -0.15) is 0 Å². The molecular weight excluding hydrogens is 156 g/mol. The predicted octanol–water partition coefficient (Wildman–Crippen LogP) is 0.820. The molecule has 0 saturated heterocycles. The SMILES string of the molecule is CC(/C=C\C(N)=O)c1ccon1. The minimum Gasteiger partial charge on any atom is -0.366 e. The summed E-state index contributed by atoms with van der Waals surface area (Å²) in [6, 6.07) is 1.75. The van der Waals surface area contributed by atoms with Gasteiger partial charge in [-0.3, -0.25) is 4.79 Å². The molecule has 0 fully saturated rings. The van der Waals surface area contributed by atoms with E-state index < -0.39 is 5.91 Å². The summed E-state index contributed by atoms with van der Waals surface area (Å²) < 4.78 is 4.64. The van der Waals surface area contributed by atoms with E-state index in [1.165, 1.54) is 12.3 Å². The topological polar surface area (TPSA) is 69.1 Å². The minimum absolute atomic E-state index is 0.0521. The molecule has 2 N–H and O–H groups in total. The summed E-state index contributed by atoms with van der Waals surface area (Å²) in [6.07, 6.45) is 4.49. The van der Waals surface area contributed by atoms with Gasteiger partial charge in [0.25, 0.3) is 0 Å². The Morgan fingerprint density at radius 1 is 1.83 bits per heavy atom. The van der Waals surface area contributed by atoms with E-state index in [2.05, 4.69) is 9.68 Å². The third kappa shape index (κ3) is 2.23. The Balaban J connectivity index is 2.61. The average Bonchev–Trinajstić information content (AvgIpc) is 2.51.